The molecule has 124 valence electrons. The second-order valence-electron chi connectivity index (χ2n) is 5.36. The molecule has 22 heavy (non-hydrogen) atoms. The Morgan fingerprint density at radius 3 is 2.41 bits per heavy atom. The lowest BCUT2D eigenvalue weighted by atomic mass is 10.2. The van der Waals surface area contributed by atoms with Crippen molar-refractivity contribution in [2.24, 2.45) is 5.73 Å². The fourth-order valence-corrected chi connectivity index (χ4v) is 2.44. The van der Waals surface area contributed by atoms with Crippen LogP contribution in [0.4, 0.5) is 4.79 Å². The van der Waals surface area contributed by atoms with E-state index in [-0.39, 0.29) is 18.5 Å². The summed E-state index contributed by atoms with van der Waals surface area (Å²) in [7, 11) is 0. The molecular weight excluding hydrogens is 302 g/mol. The second-order valence-corrected chi connectivity index (χ2v) is 5.36. The first-order valence-corrected chi connectivity index (χ1v) is 7.67. The number of carbonyl (C=O) groups is 1. The number of piperazine rings is 1. The van der Waals surface area contributed by atoms with Crippen molar-refractivity contribution in [3.63, 3.8) is 0 Å². The molecule has 0 spiro atoms. The number of rotatable bonds is 6. The maximum atomic E-state index is 12.0. The molecule has 1 fully saturated rings. The average Bonchev–Trinajstić information content (AvgIpc) is 2.54. The highest BCUT2D eigenvalue weighted by molar-refractivity contribution is 5.85. The number of halogens is 1. The number of amides is 1. The van der Waals surface area contributed by atoms with E-state index in [1.807, 2.05) is 30.3 Å². The van der Waals surface area contributed by atoms with Crippen molar-refractivity contribution < 1.29 is 9.53 Å². The smallest absolute Gasteiger partial charge is 0.410 e. The molecule has 1 aliphatic heterocycles. The van der Waals surface area contributed by atoms with Gasteiger partial charge in [-0.3, -0.25) is 4.90 Å². The van der Waals surface area contributed by atoms with E-state index in [0.29, 0.717) is 6.61 Å². The molecule has 6 heteroatoms. The molecule has 1 aliphatic rings. The van der Waals surface area contributed by atoms with Crippen molar-refractivity contribution >= 4 is 18.5 Å². The van der Waals surface area contributed by atoms with Crippen LogP contribution in [-0.4, -0.2) is 55.2 Å². The summed E-state index contributed by atoms with van der Waals surface area (Å²) in [5.74, 6) is 0. The van der Waals surface area contributed by atoms with Crippen molar-refractivity contribution in [2.75, 3.05) is 39.3 Å². The summed E-state index contributed by atoms with van der Waals surface area (Å²) in [5, 5.41) is 0. The van der Waals surface area contributed by atoms with Gasteiger partial charge in [-0.1, -0.05) is 30.3 Å². The molecule has 2 rings (SSSR count). The Hall–Kier alpha value is -1.30. The molecule has 0 aromatic heterocycles. The molecule has 1 heterocycles. The lowest BCUT2D eigenvalue weighted by Crippen LogP contribution is -2.49. The van der Waals surface area contributed by atoms with Gasteiger partial charge in [0.1, 0.15) is 6.61 Å². The Balaban J connectivity index is 0.00000242. The minimum Gasteiger partial charge on any atom is -0.445 e. The molecule has 0 radical (unpaired) electrons. The molecule has 2 N–H and O–H groups in total. The van der Waals surface area contributed by atoms with Crippen molar-refractivity contribution in [3.8, 4) is 0 Å². The van der Waals surface area contributed by atoms with Gasteiger partial charge in [0.2, 0.25) is 0 Å². The first kappa shape index (κ1) is 18.7. The summed E-state index contributed by atoms with van der Waals surface area (Å²) in [6.07, 6.45) is 1.99. The van der Waals surface area contributed by atoms with Gasteiger partial charge in [-0.2, -0.15) is 0 Å². The minimum atomic E-state index is -0.208. The van der Waals surface area contributed by atoms with Gasteiger partial charge in [0.05, 0.1) is 0 Å². The molecule has 0 saturated carbocycles. The lowest BCUT2D eigenvalue weighted by Gasteiger charge is -2.34. The average molecular weight is 328 g/mol. The van der Waals surface area contributed by atoms with E-state index >= 15 is 0 Å². The number of nitrogens with zero attached hydrogens (tertiary/aromatic N) is 2. The predicted molar refractivity (Wildman–Crippen MR) is 90.2 cm³/mol. The Morgan fingerprint density at radius 1 is 1.09 bits per heavy atom. The monoisotopic (exact) mass is 327 g/mol. The molecule has 1 aromatic carbocycles. The summed E-state index contributed by atoms with van der Waals surface area (Å²) in [5.41, 5.74) is 6.52. The van der Waals surface area contributed by atoms with Crippen molar-refractivity contribution in [3.05, 3.63) is 35.9 Å². The van der Waals surface area contributed by atoms with E-state index in [9.17, 15) is 4.79 Å². The lowest BCUT2D eigenvalue weighted by molar-refractivity contribution is 0.0713. The third kappa shape index (κ3) is 6.22. The fraction of sp³-hybridized carbons (Fsp3) is 0.562. The standard InChI is InChI=1S/C16H25N3O2.ClH/c17-8-4-5-9-18-10-12-19(13-11-18)16(20)21-14-15-6-2-1-3-7-15;/h1-3,6-7H,4-5,8-14,17H2;1H. The van der Waals surface area contributed by atoms with Crippen molar-refractivity contribution in [1.82, 2.24) is 9.80 Å². The summed E-state index contributed by atoms with van der Waals surface area (Å²) >= 11 is 0. The first-order valence-electron chi connectivity index (χ1n) is 7.67. The molecule has 1 aromatic rings. The third-order valence-corrected chi connectivity index (χ3v) is 3.76. The highest BCUT2D eigenvalue weighted by atomic mass is 35.5. The summed E-state index contributed by atoms with van der Waals surface area (Å²) in [6.45, 7) is 5.51. The van der Waals surface area contributed by atoms with Crippen molar-refractivity contribution in [1.29, 1.82) is 0 Å². The number of benzene rings is 1. The van der Waals surface area contributed by atoms with Crippen LogP contribution in [0, 0.1) is 0 Å². The molecule has 0 bridgehead atoms. The van der Waals surface area contributed by atoms with Crippen LogP contribution >= 0.6 is 12.4 Å². The SMILES string of the molecule is Cl.NCCCCN1CCN(C(=O)OCc2ccccc2)CC1. The maximum absolute atomic E-state index is 12.0. The Morgan fingerprint density at radius 2 is 1.77 bits per heavy atom. The van der Waals surface area contributed by atoms with Gasteiger partial charge in [0.15, 0.2) is 0 Å². The predicted octanol–water partition coefficient (Wildman–Crippen LogP) is 2.10. The highest BCUT2D eigenvalue weighted by Crippen LogP contribution is 2.07. The molecule has 0 unspecified atom stereocenters. The van der Waals surface area contributed by atoms with Crippen LogP contribution < -0.4 is 5.73 Å². The van der Waals surface area contributed by atoms with E-state index in [1.165, 1.54) is 0 Å². The molecule has 1 saturated heterocycles. The van der Waals surface area contributed by atoms with Crippen LogP contribution in [0.5, 0.6) is 0 Å². The van der Waals surface area contributed by atoms with Crippen LogP contribution in [0.3, 0.4) is 0 Å². The van der Waals surface area contributed by atoms with E-state index < -0.39 is 0 Å². The van der Waals surface area contributed by atoms with Gasteiger partial charge in [0, 0.05) is 26.2 Å². The number of hydrogen-bond acceptors (Lipinski definition) is 4. The summed E-state index contributed by atoms with van der Waals surface area (Å²) in [4.78, 5) is 16.2. The van der Waals surface area contributed by atoms with E-state index in [0.717, 1.165) is 57.7 Å². The molecule has 0 atom stereocenters. The number of unbranched alkanes of at least 4 members (excludes halogenated alkanes) is 1. The Kier molecular flexibility index (Phi) is 8.89. The normalized spacial score (nSPS) is 15.2. The summed E-state index contributed by atoms with van der Waals surface area (Å²) < 4.78 is 5.35. The number of ether oxygens (including phenoxy) is 1. The van der Waals surface area contributed by atoms with Gasteiger partial charge in [-0.25, -0.2) is 4.79 Å². The Labute approximate surface area is 138 Å². The highest BCUT2D eigenvalue weighted by Gasteiger charge is 2.21. The molecule has 5 nitrogen and oxygen atoms in total. The molecule has 0 aliphatic carbocycles. The summed E-state index contributed by atoms with van der Waals surface area (Å²) in [6, 6.07) is 9.77. The fourth-order valence-electron chi connectivity index (χ4n) is 2.44. The first-order chi connectivity index (χ1) is 10.3. The van der Waals surface area contributed by atoms with Gasteiger partial charge < -0.3 is 15.4 Å². The number of hydrogen-bond donors (Lipinski definition) is 1. The van der Waals surface area contributed by atoms with Gasteiger partial charge in [-0.15, -0.1) is 12.4 Å². The van der Waals surface area contributed by atoms with Crippen molar-refractivity contribution in [2.45, 2.75) is 19.4 Å². The van der Waals surface area contributed by atoms with Gasteiger partial charge >= 0.3 is 6.09 Å². The zero-order chi connectivity index (χ0) is 14.9. The minimum absolute atomic E-state index is 0. The van der Waals surface area contributed by atoms with Crippen LogP contribution in [0.2, 0.25) is 0 Å². The molecular formula is C16H26ClN3O2. The maximum Gasteiger partial charge on any atom is 0.410 e. The second kappa shape index (κ2) is 10.4. The topological polar surface area (TPSA) is 58.8 Å². The number of nitrogens with two attached hydrogens (primary N) is 1. The van der Waals surface area contributed by atoms with Crippen LogP contribution in [0.1, 0.15) is 18.4 Å². The zero-order valence-electron chi connectivity index (χ0n) is 12.9. The Bertz CT molecular complexity index is 423. The van der Waals surface area contributed by atoms with Crippen LogP contribution in [0.15, 0.2) is 30.3 Å². The molecule has 1 amide bonds. The van der Waals surface area contributed by atoms with E-state index in [1.54, 1.807) is 4.90 Å². The van der Waals surface area contributed by atoms with Gasteiger partial charge in [-0.05, 0) is 31.5 Å². The van der Waals surface area contributed by atoms with Crippen LogP contribution in [0.25, 0.3) is 0 Å². The van der Waals surface area contributed by atoms with Gasteiger partial charge in [0.25, 0.3) is 0 Å². The third-order valence-electron chi connectivity index (χ3n) is 3.76. The van der Waals surface area contributed by atoms with E-state index in [4.69, 9.17) is 10.5 Å². The van der Waals surface area contributed by atoms with Crippen LogP contribution in [-0.2, 0) is 11.3 Å². The van der Waals surface area contributed by atoms with E-state index in [2.05, 4.69) is 4.90 Å². The number of carbonyl (C=O) groups excluding carboxylic acids is 1. The largest absolute Gasteiger partial charge is 0.445 e. The quantitative estimate of drug-likeness (QED) is 0.813. The zero-order valence-corrected chi connectivity index (χ0v) is 13.8.